The summed E-state index contributed by atoms with van der Waals surface area (Å²) in [7, 11) is 0. The summed E-state index contributed by atoms with van der Waals surface area (Å²) in [6.45, 7) is 0. The van der Waals surface area contributed by atoms with E-state index in [1.54, 1.807) is 36.9 Å². The van der Waals surface area contributed by atoms with Crippen molar-refractivity contribution in [1.82, 2.24) is 14.1 Å². The monoisotopic (exact) mass is 196 g/mol. The van der Waals surface area contributed by atoms with E-state index in [-0.39, 0.29) is 0 Å². The minimum absolute atomic E-state index is 0.759. The lowest BCUT2D eigenvalue weighted by atomic mass is 10.4. The zero-order valence-corrected chi connectivity index (χ0v) is 7.59. The molecule has 0 atom stereocenters. The van der Waals surface area contributed by atoms with Gasteiger partial charge in [-0.2, -0.15) is 0 Å². The normalized spacial score (nSPS) is 8.69. The van der Waals surface area contributed by atoms with Gasteiger partial charge in [-0.05, 0) is 12.1 Å². The fourth-order valence-electron chi connectivity index (χ4n) is 0.606. The van der Waals surface area contributed by atoms with Crippen molar-refractivity contribution in [3.05, 3.63) is 43.2 Å². The van der Waals surface area contributed by atoms with Crippen LogP contribution in [-0.4, -0.2) is 14.1 Å². The first-order valence-electron chi connectivity index (χ1n) is 3.58. The molecule has 2 rings (SSSR count). The smallest absolute Gasteiger partial charge is 0.110 e. The molecular weight excluding hydrogens is 188 g/mol. The molecule has 0 unspecified atom stereocenters. The summed E-state index contributed by atoms with van der Waals surface area (Å²) in [5, 5.41) is 0. The Morgan fingerprint density at radius 1 is 1.15 bits per heavy atom. The third-order valence-corrected chi connectivity index (χ3v) is 1.38. The van der Waals surface area contributed by atoms with Crippen LogP contribution in [0, 0.1) is 0 Å². The summed E-state index contributed by atoms with van der Waals surface area (Å²) < 4.78 is 1.36. The molecule has 0 radical (unpaired) electrons. The molecule has 2 aromatic rings. The first-order chi connectivity index (χ1) is 6.29. The molecule has 4 nitrogen and oxygen atoms in total. The number of hydrogen-bond acceptors (Lipinski definition) is 3. The fraction of sp³-hybridized carbons (Fsp3) is 0. The Kier molecular flexibility index (Phi) is 3.78. The predicted octanol–water partition coefficient (Wildman–Crippen LogP) is 1.55. The van der Waals surface area contributed by atoms with Gasteiger partial charge in [0.1, 0.15) is 6.33 Å². The summed E-state index contributed by atoms with van der Waals surface area (Å²) >= 11 is 5.31. The quantitative estimate of drug-likeness (QED) is 0.696. The Bertz CT molecular complexity index is 319. The van der Waals surface area contributed by atoms with Gasteiger partial charge in [0.25, 0.3) is 0 Å². The van der Waals surface area contributed by atoms with Crippen LogP contribution in [0.1, 0.15) is 0 Å². The summed E-state index contributed by atoms with van der Waals surface area (Å²) in [6, 6.07) is 3.50. The first-order valence-corrected chi connectivity index (χ1v) is 3.92. The van der Waals surface area contributed by atoms with Crippen molar-refractivity contribution >= 4 is 17.5 Å². The maximum atomic E-state index is 5.32. The summed E-state index contributed by atoms with van der Waals surface area (Å²) in [5.41, 5.74) is 6.08. The van der Waals surface area contributed by atoms with E-state index < -0.39 is 0 Å². The van der Waals surface area contributed by atoms with Gasteiger partial charge < -0.3 is 5.73 Å². The zero-order valence-electron chi connectivity index (χ0n) is 6.84. The molecule has 0 aliphatic carbocycles. The number of nitrogens with zero attached hydrogens (tertiary/aromatic N) is 3. The maximum absolute atomic E-state index is 5.32. The van der Waals surface area contributed by atoms with Crippen LogP contribution < -0.4 is 5.73 Å². The highest BCUT2D eigenvalue weighted by atomic mass is 35.5. The molecule has 0 spiro atoms. The predicted molar refractivity (Wildman–Crippen MR) is 52.1 cm³/mol. The maximum Gasteiger partial charge on any atom is 0.110 e. The molecule has 0 aliphatic heterocycles. The minimum Gasteiger partial charge on any atom is -0.399 e. The van der Waals surface area contributed by atoms with Crippen LogP contribution in [-0.2, 0) is 0 Å². The Labute approximate surface area is 81.1 Å². The third-order valence-electron chi connectivity index (χ3n) is 1.18. The summed E-state index contributed by atoms with van der Waals surface area (Å²) in [5.74, 6) is 0. The van der Waals surface area contributed by atoms with E-state index >= 15 is 0 Å². The molecular formula is C8H9ClN4. The minimum atomic E-state index is 0.759. The average Bonchev–Trinajstić information content (AvgIpc) is 2.58. The van der Waals surface area contributed by atoms with Crippen molar-refractivity contribution in [2.45, 2.75) is 0 Å². The molecule has 68 valence electrons. The van der Waals surface area contributed by atoms with Gasteiger partial charge in [0.15, 0.2) is 0 Å². The first kappa shape index (κ1) is 9.54. The molecule has 5 heteroatoms. The number of halogens is 1. The van der Waals surface area contributed by atoms with Gasteiger partial charge in [-0.1, -0.05) is 0 Å². The highest BCUT2D eigenvalue weighted by Gasteiger charge is 1.73. The Hall–Kier alpha value is -1.55. The lowest BCUT2D eigenvalue weighted by Gasteiger charge is -1.83. The van der Waals surface area contributed by atoms with Crippen molar-refractivity contribution in [2.24, 2.45) is 0 Å². The number of imidazole rings is 1. The second kappa shape index (κ2) is 5.16. The second-order valence-electron chi connectivity index (χ2n) is 2.19. The van der Waals surface area contributed by atoms with Crippen molar-refractivity contribution < 1.29 is 0 Å². The number of nitrogen functional groups attached to an aromatic ring is 1. The fourth-order valence-corrected chi connectivity index (χ4v) is 0.707. The molecule has 2 heterocycles. The Morgan fingerprint density at radius 2 is 1.85 bits per heavy atom. The highest BCUT2D eigenvalue weighted by molar-refractivity contribution is 6.15. The number of rotatable bonds is 0. The van der Waals surface area contributed by atoms with Gasteiger partial charge in [-0.3, -0.25) is 4.98 Å². The number of pyridine rings is 1. The topological polar surface area (TPSA) is 56.7 Å². The van der Waals surface area contributed by atoms with E-state index in [1.807, 2.05) is 0 Å². The third kappa shape index (κ3) is 4.12. The molecule has 0 amide bonds. The van der Waals surface area contributed by atoms with Gasteiger partial charge in [0.2, 0.25) is 0 Å². The van der Waals surface area contributed by atoms with Crippen LogP contribution >= 0.6 is 11.8 Å². The molecule has 2 aromatic heterocycles. The molecule has 0 aliphatic rings. The van der Waals surface area contributed by atoms with E-state index in [1.165, 1.54) is 10.4 Å². The largest absolute Gasteiger partial charge is 0.399 e. The van der Waals surface area contributed by atoms with Crippen molar-refractivity contribution in [3.63, 3.8) is 0 Å². The molecule has 0 bridgehead atoms. The van der Waals surface area contributed by atoms with E-state index in [0.717, 1.165) is 5.69 Å². The van der Waals surface area contributed by atoms with Crippen LogP contribution in [0.25, 0.3) is 0 Å². The van der Waals surface area contributed by atoms with Crippen LogP contribution in [0.3, 0.4) is 0 Å². The van der Waals surface area contributed by atoms with Crippen LogP contribution in [0.4, 0.5) is 5.69 Å². The number of hydrogen-bond donors (Lipinski definition) is 1. The SMILES string of the molecule is Cln1ccnc1.Nc1ccncc1. The van der Waals surface area contributed by atoms with E-state index in [2.05, 4.69) is 9.97 Å². The standard InChI is InChI=1S/C5H6N2.C3H3ClN2/c6-5-1-3-7-4-2-5;4-6-2-1-5-3-6/h1-4H,(H2,6,7);1-3H. The van der Waals surface area contributed by atoms with E-state index in [4.69, 9.17) is 17.5 Å². The number of anilines is 1. The van der Waals surface area contributed by atoms with E-state index in [0.29, 0.717) is 0 Å². The van der Waals surface area contributed by atoms with Gasteiger partial charge in [0.05, 0.1) is 0 Å². The molecule has 0 saturated heterocycles. The second-order valence-corrected chi connectivity index (χ2v) is 2.58. The average molecular weight is 197 g/mol. The Balaban J connectivity index is 0.000000132. The van der Waals surface area contributed by atoms with Crippen molar-refractivity contribution in [2.75, 3.05) is 5.73 Å². The Morgan fingerprint density at radius 3 is 2.08 bits per heavy atom. The van der Waals surface area contributed by atoms with Crippen LogP contribution in [0.15, 0.2) is 43.2 Å². The van der Waals surface area contributed by atoms with Gasteiger partial charge in [-0.15, -0.1) is 0 Å². The van der Waals surface area contributed by atoms with Gasteiger partial charge in [-0.25, -0.2) is 9.07 Å². The van der Waals surface area contributed by atoms with Crippen LogP contribution in [0.2, 0.25) is 0 Å². The lowest BCUT2D eigenvalue weighted by Crippen LogP contribution is -1.81. The van der Waals surface area contributed by atoms with Crippen LogP contribution in [0.5, 0.6) is 0 Å². The highest BCUT2D eigenvalue weighted by Crippen LogP contribution is 1.92. The van der Waals surface area contributed by atoms with Crippen molar-refractivity contribution in [3.8, 4) is 0 Å². The lowest BCUT2D eigenvalue weighted by molar-refractivity contribution is 1.21. The van der Waals surface area contributed by atoms with Gasteiger partial charge >= 0.3 is 0 Å². The molecule has 0 aromatic carbocycles. The summed E-state index contributed by atoms with van der Waals surface area (Å²) in [4.78, 5) is 7.42. The molecule has 2 N–H and O–H groups in total. The zero-order chi connectivity index (χ0) is 9.52. The van der Waals surface area contributed by atoms with Gasteiger partial charge in [0, 0.05) is 42.3 Å². The van der Waals surface area contributed by atoms with Crippen molar-refractivity contribution in [1.29, 1.82) is 0 Å². The molecule has 0 saturated carbocycles. The number of nitrogens with two attached hydrogens (primary N) is 1. The molecule has 0 fully saturated rings. The summed E-state index contributed by atoms with van der Waals surface area (Å²) in [6.07, 6.45) is 8.11. The number of aromatic nitrogens is 3. The van der Waals surface area contributed by atoms with E-state index in [9.17, 15) is 0 Å². The molecule has 13 heavy (non-hydrogen) atoms.